The van der Waals surface area contributed by atoms with Crippen LogP contribution in [-0.4, -0.2) is 124 Å². The number of pyridine rings is 1. The van der Waals surface area contributed by atoms with Crippen LogP contribution in [0.15, 0.2) is 24.3 Å². The van der Waals surface area contributed by atoms with Crippen LogP contribution in [0.25, 0.3) is 10.9 Å². The first kappa shape index (κ1) is 32.0. The molecule has 1 atom stereocenters. The highest BCUT2D eigenvalue weighted by Crippen LogP contribution is 2.27. The lowest BCUT2D eigenvalue weighted by atomic mass is 10.0. The molecule has 1 aromatic carbocycles. The molecular formula is C29H35N5O10. The number of amides is 4. The molecule has 2 aliphatic rings. The predicted molar refractivity (Wildman–Crippen MR) is 153 cm³/mol. The van der Waals surface area contributed by atoms with E-state index in [1.807, 2.05) is 13.0 Å². The Balaban J connectivity index is 1.49. The largest absolute Gasteiger partial charge is 0.483 e. The van der Waals surface area contributed by atoms with E-state index in [-0.39, 0.29) is 70.2 Å². The molecule has 1 aromatic heterocycles. The fourth-order valence-electron chi connectivity index (χ4n) is 4.91. The van der Waals surface area contributed by atoms with E-state index in [0.717, 1.165) is 5.56 Å². The molecule has 15 heteroatoms. The Labute approximate surface area is 252 Å². The molecule has 15 nitrogen and oxygen atoms in total. The van der Waals surface area contributed by atoms with Gasteiger partial charge < -0.3 is 39.7 Å². The van der Waals surface area contributed by atoms with Crippen LogP contribution < -0.4 is 10.1 Å². The Hall–Kier alpha value is -4.95. The number of fused-ring (bicyclic) bond motifs is 1. The number of piperazine rings is 1. The van der Waals surface area contributed by atoms with Gasteiger partial charge in [-0.1, -0.05) is 6.07 Å². The molecule has 4 rings (SSSR count). The molecule has 3 N–H and O–H groups in total. The predicted octanol–water partition coefficient (Wildman–Crippen LogP) is 0.729. The van der Waals surface area contributed by atoms with Crippen molar-refractivity contribution in [2.75, 3.05) is 52.5 Å². The number of carboxylic acid groups (broad SMARTS) is 2. The topological polar surface area (TPSA) is 196 Å². The fourth-order valence-corrected chi connectivity index (χ4v) is 4.91. The van der Waals surface area contributed by atoms with Crippen molar-refractivity contribution in [3.8, 4) is 5.75 Å². The fraction of sp³-hybridized carbons (Fsp3) is 0.483. The number of nitrogens with one attached hydrogen (secondary N) is 1. The summed E-state index contributed by atoms with van der Waals surface area (Å²) in [4.78, 5) is 82.5. The van der Waals surface area contributed by atoms with Gasteiger partial charge >= 0.3 is 18.0 Å². The van der Waals surface area contributed by atoms with Crippen molar-refractivity contribution >= 4 is 46.7 Å². The van der Waals surface area contributed by atoms with Gasteiger partial charge in [0.1, 0.15) is 17.5 Å². The minimum absolute atomic E-state index is 0.0884. The number of hydrogen-bond donors (Lipinski definition) is 3. The number of aliphatic carboxylic acids is 2. The maximum atomic E-state index is 13.4. The van der Waals surface area contributed by atoms with Crippen molar-refractivity contribution < 1.29 is 48.5 Å². The lowest BCUT2D eigenvalue weighted by Gasteiger charge is -2.36. The third-order valence-electron chi connectivity index (χ3n) is 7.46. The summed E-state index contributed by atoms with van der Waals surface area (Å²) in [5, 5.41) is 21.5. The first-order chi connectivity index (χ1) is 21.0. The van der Waals surface area contributed by atoms with Gasteiger partial charge in [-0.2, -0.15) is 0 Å². The number of aryl methyl sites for hydroxylation is 1. The highest BCUT2D eigenvalue weighted by atomic mass is 16.6. The van der Waals surface area contributed by atoms with E-state index < -0.39 is 54.3 Å². The average molecular weight is 614 g/mol. The van der Waals surface area contributed by atoms with Gasteiger partial charge in [-0.3, -0.25) is 24.0 Å². The van der Waals surface area contributed by atoms with Crippen molar-refractivity contribution in [3.63, 3.8) is 0 Å². The molecule has 236 valence electrons. The van der Waals surface area contributed by atoms with E-state index in [4.69, 9.17) is 14.6 Å². The lowest BCUT2D eigenvalue weighted by Crippen LogP contribution is -2.56. The highest BCUT2D eigenvalue weighted by molar-refractivity contribution is 5.99. The van der Waals surface area contributed by atoms with Gasteiger partial charge in [-0.15, -0.1) is 0 Å². The number of carbonyl (C=O) groups excluding carboxylic acids is 4. The summed E-state index contributed by atoms with van der Waals surface area (Å²) < 4.78 is 10.8. The second-order valence-electron chi connectivity index (χ2n) is 10.6. The molecule has 44 heavy (non-hydrogen) atoms. The first-order valence-electron chi connectivity index (χ1n) is 14.2. The van der Waals surface area contributed by atoms with Crippen LogP contribution in [0.1, 0.15) is 35.8 Å². The van der Waals surface area contributed by atoms with Crippen molar-refractivity contribution in [2.45, 2.75) is 32.7 Å². The number of hydrogen-bond acceptors (Lipinski definition) is 9. The van der Waals surface area contributed by atoms with Crippen molar-refractivity contribution in [3.05, 3.63) is 35.5 Å². The first-order valence-corrected chi connectivity index (χ1v) is 14.2. The number of aromatic nitrogens is 1. The SMILES string of the molecule is CCOC(=O)N1CCN(C(=O)[C@H](CCC(=O)O)NC(=O)c2cc(OCC(=O)N3CC(C(=O)O)C3)c3ccc(C)cc3n2)CC1. The zero-order chi connectivity index (χ0) is 32.0. The summed E-state index contributed by atoms with van der Waals surface area (Å²) in [5.74, 6) is -4.18. The number of rotatable bonds is 11. The number of nitrogens with zero attached hydrogens (tertiary/aromatic N) is 4. The summed E-state index contributed by atoms with van der Waals surface area (Å²) in [5.41, 5.74) is 1.14. The van der Waals surface area contributed by atoms with Crippen molar-refractivity contribution in [2.24, 2.45) is 5.92 Å². The van der Waals surface area contributed by atoms with Crippen LogP contribution in [0, 0.1) is 12.8 Å². The van der Waals surface area contributed by atoms with Gasteiger partial charge in [0, 0.05) is 57.1 Å². The normalized spacial score (nSPS) is 15.7. The molecule has 0 spiro atoms. The molecule has 4 amide bonds. The summed E-state index contributed by atoms with van der Waals surface area (Å²) >= 11 is 0. The smallest absolute Gasteiger partial charge is 0.409 e. The van der Waals surface area contributed by atoms with Crippen LogP contribution in [-0.2, 0) is 23.9 Å². The minimum atomic E-state index is -1.18. The molecule has 0 saturated carbocycles. The molecule has 0 bridgehead atoms. The summed E-state index contributed by atoms with van der Waals surface area (Å²) in [7, 11) is 0. The van der Waals surface area contributed by atoms with Crippen LogP contribution >= 0.6 is 0 Å². The molecule has 0 aliphatic carbocycles. The van der Waals surface area contributed by atoms with E-state index in [1.54, 1.807) is 19.1 Å². The van der Waals surface area contributed by atoms with Crippen molar-refractivity contribution in [1.82, 2.24) is 25.0 Å². The van der Waals surface area contributed by atoms with Gasteiger partial charge in [0.15, 0.2) is 6.61 Å². The Morgan fingerprint density at radius 3 is 2.32 bits per heavy atom. The van der Waals surface area contributed by atoms with E-state index in [2.05, 4.69) is 10.3 Å². The van der Waals surface area contributed by atoms with Gasteiger partial charge in [0.2, 0.25) is 5.91 Å². The summed E-state index contributed by atoms with van der Waals surface area (Å²) in [6.07, 6.45) is -1.03. The molecular weight excluding hydrogens is 578 g/mol. The maximum absolute atomic E-state index is 13.4. The zero-order valence-electron chi connectivity index (χ0n) is 24.5. The van der Waals surface area contributed by atoms with Gasteiger partial charge in [0.25, 0.3) is 11.8 Å². The Kier molecular flexibility index (Phi) is 10.2. The van der Waals surface area contributed by atoms with Crippen LogP contribution in [0.5, 0.6) is 5.75 Å². The Morgan fingerprint density at radius 1 is 1.00 bits per heavy atom. The quantitative estimate of drug-likeness (QED) is 0.323. The Morgan fingerprint density at radius 2 is 1.68 bits per heavy atom. The highest BCUT2D eigenvalue weighted by Gasteiger charge is 2.36. The van der Waals surface area contributed by atoms with E-state index >= 15 is 0 Å². The Bertz CT molecular complexity index is 1450. The summed E-state index contributed by atoms with van der Waals surface area (Å²) in [6.45, 7) is 4.35. The van der Waals surface area contributed by atoms with Crippen LogP contribution in [0.2, 0.25) is 0 Å². The summed E-state index contributed by atoms with van der Waals surface area (Å²) in [6, 6.07) is 5.44. The second kappa shape index (κ2) is 14.0. The lowest BCUT2D eigenvalue weighted by molar-refractivity contribution is -0.153. The molecule has 0 unspecified atom stereocenters. The average Bonchev–Trinajstić information content (AvgIpc) is 2.96. The maximum Gasteiger partial charge on any atom is 0.409 e. The monoisotopic (exact) mass is 613 g/mol. The number of carbonyl (C=O) groups is 6. The molecule has 0 radical (unpaired) electrons. The molecule has 2 saturated heterocycles. The molecule has 3 heterocycles. The van der Waals surface area contributed by atoms with E-state index in [1.165, 1.54) is 20.8 Å². The van der Waals surface area contributed by atoms with Crippen LogP contribution in [0.3, 0.4) is 0 Å². The third kappa shape index (κ3) is 7.71. The zero-order valence-corrected chi connectivity index (χ0v) is 24.5. The second-order valence-corrected chi connectivity index (χ2v) is 10.6. The van der Waals surface area contributed by atoms with Crippen molar-refractivity contribution in [1.29, 1.82) is 0 Å². The molecule has 2 aromatic rings. The third-order valence-corrected chi connectivity index (χ3v) is 7.46. The van der Waals surface area contributed by atoms with Gasteiger partial charge in [-0.05, 0) is 38.0 Å². The van der Waals surface area contributed by atoms with Gasteiger partial charge in [-0.25, -0.2) is 9.78 Å². The standard InChI is InChI=1S/C29H35N5O10/c1-3-43-29(42)33-10-8-32(9-11-33)27(39)20(6-7-25(36)37)31-26(38)22-13-23(19-5-4-17(2)12-21(19)30-22)44-16-24(35)34-14-18(15-34)28(40)41/h4-5,12-13,18,20H,3,6-11,14-16H2,1-2H3,(H,31,38)(H,36,37)(H,40,41)/t20-/m0/s1. The molecule has 2 aliphatic heterocycles. The minimum Gasteiger partial charge on any atom is -0.483 e. The number of benzene rings is 1. The number of carboxylic acids is 2. The van der Waals surface area contributed by atoms with Crippen LogP contribution in [0.4, 0.5) is 4.79 Å². The van der Waals surface area contributed by atoms with E-state index in [9.17, 15) is 33.9 Å². The number of ether oxygens (including phenoxy) is 2. The van der Waals surface area contributed by atoms with E-state index in [0.29, 0.717) is 10.9 Å². The molecule has 2 fully saturated rings. The number of likely N-dealkylation sites (tertiary alicyclic amines) is 1. The van der Waals surface area contributed by atoms with Gasteiger partial charge in [0.05, 0.1) is 18.0 Å².